The molecule has 0 saturated carbocycles. The molecule has 4 heteroatoms. The molecule has 0 aliphatic rings. The number of halogens is 3. The van der Waals surface area contributed by atoms with Gasteiger partial charge in [-0.3, -0.25) is 0 Å². The van der Waals surface area contributed by atoms with Crippen LogP contribution in [0.2, 0.25) is 0 Å². The number of rotatable bonds is 1. The van der Waals surface area contributed by atoms with Crippen LogP contribution in [-0.2, 0) is 0 Å². The average molecular weight is 393 g/mol. The molecule has 0 atom stereocenters. The molecule has 1 rings (SSSR count). The first-order valence-electron chi connectivity index (χ1n) is 2.73. The Balaban J connectivity index is 2.97. The SMILES string of the molecule is [Cl][BiH]([Cl])([Cl])[c]1ccccc1. The Labute approximate surface area is 75.1 Å². The fourth-order valence-corrected chi connectivity index (χ4v) is 6.16. The molecule has 0 unspecified atom stereocenters. The second kappa shape index (κ2) is 3.58. The van der Waals surface area contributed by atoms with Crippen molar-refractivity contribution in [3.8, 4) is 0 Å². The molecule has 0 radical (unpaired) electrons. The third kappa shape index (κ3) is 2.54. The van der Waals surface area contributed by atoms with E-state index < -0.39 is 16.7 Å². The van der Waals surface area contributed by atoms with Gasteiger partial charge in [0.1, 0.15) is 0 Å². The Hall–Kier alpha value is 0.973. The van der Waals surface area contributed by atoms with Crippen LogP contribution in [0.3, 0.4) is 0 Å². The quantitative estimate of drug-likeness (QED) is 0.643. The van der Waals surface area contributed by atoms with Gasteiger partial charge in [0.15, 0.2) is 0 Å². The molecule has 0 aliphatic carbocycles. The Kier molecular flexibility index (Phi) is 3.25. The van der Waals surface area contributed by atoms with Crippen LogP contribution in [0, 0.1) is 0 Å². The van der Waals surface area contributed by atoms with Gasteiger partial charge in [0.2, 0.25) is 0 Å². The van der Waals surface area contributed by atoms with Crippen molar-refractivity contribution in [1.82, 2.24) is 0 Å². The van der Waals surface area contributed by atoms with Crippen LogP contribution in [0.5, 0.6) is 0 Å². The first-order valence-corrected chi connectivity index (χ1v) is 19.0. The Morgan fingerprint density at radius 3 is 1.70 bits per heavy atom. The summed E-state index contributed by atoms with van der Waals surface area (Å²) in [5, 5.41) is 0. The normalized spacial score (nSPS) is 13.1. The van der Waals surface area contributed by atoms with Gasteiger partial charge < -0.3 is 0 Å². The molecule has 56 valence electrons. The van der Waals surface area contributed by atoms with Crippen LogP contribution < -0.4 is 3.27 Å². The van der Waals surface area contributed by atoms with Crippen LogP contribution in [0.25, 0.3) is 0 Å². The Morgan fingerprint density at radius 2 is 1.40 bits per heavy atom. The van der Waals surface area contributed by atoms with E-state index >= 15 is 0 Å². The zero-order valence-electron chi connectivity index (χ0n) is 5.02. The minimum absolute atomic E-state index is 0.917. The van der Waals surface area contributed by atoms with Crippen molar-refractivity contribution in [2.45, 2.75) is 0 Å². The molecule has 0 N–H and O–H groups in total. The first-order chi connectivity index (χ1) is 4.61. The second-order valence-corrected chi connectivity index (χ2v) is 28.0. The predicted octanol–water partition coefficient (Wildman–Crippen LogP) is 2.28. The van der Waals surface area contributed by atoms with E-state index in [-0.39, 0.29) is 0 Å². The van der Waals surface area contributed by atoms with E-state index in [0.29, 0.717) is 0 Å². The van der Waals surface area contributed by atoms with Crippen LogP contribution in [0.4, 0.5) is 0 Å². The van der Waals surface area contributed by atoms with E-state index in [1.54, 1.807) is 0 Å². The van der Waals surface area contributed by atoms with Crippen LogP contribution in [-0.4, -0.2) is 16.7 Å². The van der Waals surface area contributed by atoms with Crippen molar-refractivity contribution in [3.63, 3.8) is 0 Å². The van der Waals surface area contributed by atoms with Crippen LogP contribution in [0.15, 0.2) is 30.3 Å². The third-order valence-corrected chi connectivity index (χ3v) is 10.7. The topological polar surface area (TPSA) is 0 Å². The predicted molar refractivity (Wildman–Crippen MR) is 50.8 cm³/mol. The summed E-state index contributed by atoms with van der Waals surface area (Å²) in [5.41, 5.74) is 0. The van der Waals surface area contributed by atoms with Crippen molar-refractivity contribution in [2.24, 2.45) is 0 Å². The summed E-state index contributed by atoms with van der Waals surface area (Å²) < 4.78 is 0.917. The first kappa shape index (κ1) is 9.06. The summed E-state index contributed by atoms with van der Waals surface area (Å²) in [7, 11) is 17.4. The molecule has 0 nitrogen and oxygen atoms in total. The van der Waals surface area contributed by atoms with Gasteiger partial charge in [-0.2, -0.15) is 0 Å². The van der Waals surface area contributed by atoms with Gasteiger partial charge in [-0.15, -0.1) is 0 Å². The van der Waals surface area contributed by atoms with Gasteiger partial charge in [-0.05, 0) is 0 Å². The molecule has 1 aromatic carbocycles. The Morgan fingerprint density at radius 1 is 0.900 bits per heavy atom. The summed E-state index contributed by atoms with van der Waals surface area (Å²) in [4.78, 5) is 0. The standard InChI is InChI=1S/C6H5.Bi.3ClH.H/c1-2-4-6-5-3-1;;;;;/h1-5H;;3*1H;/q;+3;;;;/p-3. The number of hydrogen-bond acceptors (Lipinski definition) is 0. The Bertz CT molecular complexity index is 204. The summed E-state index contributed by atoms with van der Waals surface area (Å²) in [6.07, 6.45) is 0. The number of benzene rings is 1. The van der Waals surface area contributed by atoms with Crippen molar-refractivity contribution in [3.05, 3.63) is 30.3 Å². The van der Waals surface area contributed by atoms with Crippen molar-refractivity contribution >= 4 is 45.5 Å². The molecule has 10 heavy (non-hydrogen) atoms. The van der Waals surface area contributed by atoms with Gasteiger partial charge in [0.05, 0.1) is 0 Å². The molecule has 0 saturated heterocycles. The summed E-state index contributed by atoms with van der Waals surface area (Å²) >= 11 is -3.41. The zero-order valence-corrected chi connectivity index (χ0v) is 11.2. The van der Waals surface area contributed by atoms with Crippen LogP contribution >= 0.6 is 25.5 Å². The van der Waals surface area contributed by atoms with Crippen LogP contribution in [0.1, 0.15) is 0 Å². The van der Waals surface area contributed by atoms with Crippen molar-refractivity contribution in [1.29, 1.82) is 0 Å². The van der Waals surface area contributed by atoms with Crippen molar-refractivity contribution < 1.29 is 0 Å². The molecule has 0 fully saturated rings. The van der Waals surface area contributed by atoms with E-state index in [2.05, 4.69) is 0 Å². The molecular formula is C6H6BiCl3. The molecule has 1 aromatic rings. The zero-order chi connectivity index (χ0) is 7.61. The molecule has 0 aromatic heterocycles. The minimum atomic E-state index is -3.41. The van der Waals surface area contributed by atoms with E-state index in [1.165, 1.54) is 0 Å². The molecular weight excluding hydrogens is 387 g/mol. The molecule has 0 aliphatic heterocycles. The second-order valence-electron chi connectivity index (χ2n) is 1.86. The van der Waals surface area contributed by atoms with Gasteiger partial charge >= 0.3 is 75.8 Å². The van der Waals surface area contributed by atoms with E-state index in [1.807, 2.05) is 30.3 Å². The molecule has 0 amide bonds. The van der Waals surface area contributed by atoms with Gasteiger partial charge in [-0.1, -0.05) is 0 Å². The van der Waals surface area contributed by atoms with E-state index in [9.17, 15) is 0 Å². The summed E-state index contributed by atoms with van der Waals surface area (Å²) in [5.74, 6) is 0. The molecule has 0 heterocycles. The monoisotopic (exact) mass is 392 g/mol. The maximum absolute atomic E-state index is 5.81. The third-order valence-electron chi connectivity index (χ3n) is 1.10. The fraction of sp³-hybridized carbons (Fsp3) is 0. The molecule has 0 bridgehead atoms. The van der Waals surface area contributed by atoms with Gasteiger partial charge in [0.25, 0.3) is 0 Å². The van der Waals surface area contributed by atoms with Gasteiger partial charge in [-0.25, -0.2) is 0 Å². The maximum atomic E-state index is 5.81. The average Bonchev–Trinajstić information content (AvgIpc) is 1.88. The number of hydrogen-bond donors (Lipinski definition) is 0. The van der Waals surface area contributed by atoms with E-state index in [0.717, 1.165) is 3.27 Å². The fourth-order valence-electron chi connectivity index (χ4n) is 0.627. The molecule has 0 spiro atoms. The van der Waals surface area contributed by atoms with Crippen molar-refractivity contribution in [2.75, 3.05) is 0 Å². The van der Waals surface area contributed by atoms with E-state index in [4.69, 9.17) is 25.5 Å². The van der Waals surface area contributed by atoms with Gasteiger partial charge in [0, 0.05) is 0 Å². The summed E-state index contributed by atoms with van der Waals surface area (Å²) in [6.45, 7) is 0. The summed E-state index contributed by atoms with van der Waals surface area (Å²) in [6, 6.07) is 9.42.